The van der Waals surface area contributed by atoms with Crippen molar-refractivity contribution in [3.8, 4) is 11.5 Å². The van der Waals surface area contributed by atoms with Crippen molar-refractivity contribution in [1.82, 2.24) is 4.90 Å². The summed E-state index contributed by atoms with van der Waals surface area (Å²) in [4.78, 5) is 30.7. The topological polar surface area (TPSA) is 59.1 Å². The highest BCUT2D eigenvalue weighted by atomic mass is 16.5. The molecule has 0 spiro atoms. The Kier molecular flexibility index (Phi) is 5.98. The van der Waals surface area contributed by atoms with Gasteiger partial charge in [-0.25, -0.2) is 4.90 Å². The number of ether oxygens (including phenoxy) is 2. The van der Waals surface area contributed by atoms with Crippen molar-refractivity contribution in [2.24, 2.45) is 5.92 Å². The number of amides is 2. The summed E-state index contributed by atoms with van der Waals surface area (Å²) in [6.07, 6.45) is 2.12. The first kappa shape index (κ1) is 21.0. The molecule has 2 amide bonds. The van der Waals surface area contributed by atoms with E-state index in [4.69, 9.17) is 9.47 Å². The molecule has 31 heavy (non-hydrogen) atoms. The lowest BCUT2D eigenvalue weighted by Crippen LogP contribution is -2.39. The number of nitrogens with zero attached hydrogens (tertiary/aromatic N) is 2. The summed E-state index contributed by atoms with van der Waals surface area (Å²) in [5.41, 5.74) is 2.09. The highest BCUT2D eigenvalue weighted by molar-refractivity contribution is 6.45. The van der Waals surface area contributed by atoms with Crippen molar-refractivity contribution in [3.63, 3.8) is 0 Å². The van der Waals surface area contributed by atoms with Gasteiger partial charge in [0.25, 0.3) is 11.8 Å². The van der Waals surface area contributed by atoms with E-state index >= 15 is 0 Å². The van der Waals surface area contributed by atoms with Crippen LogP contribution in [0, 0.1) is 5.92 Å². The minimum atomic E-state index is -0.327. The number of benzene rings is 2. The van der Waals surface area contributed by atoms with E-state index in [0.29, 0.717) is 40.8 Å². The number of rotatable bonds is 6. The number of piperidine rings is 1. The third-order valence-electron chi connectivity index (χ3n) is 5.81. The number of likely N-dealkylation sites (tertiary alicyclic amines) is 1. The van der Waals surface area contributed by atoms with Crippen LogP contribution in [0.3, 0.4) is 0 Å². The smallest absolute Gasteiger partial charge is 0.282 e. The quantitative estimate of drug-likeness (QED) is 0.659. The molecule has 1 fully saturated rings. The molecule has 1 saturated heterocycles. The van der Waals surface area contributed by atoms with E-state index in [0.717, 1.165) is 31.7 Å². The molecule has 2 aliphatic rings. The van der Waals surface area contributed by atoms with E-state index in [-0.39, 0.29) is 11.8 Å². The van der Waals surface area contributed by atoms with Crippen molar-refractivity contribution in [2.75, 3.05) is 31.7 Å². The molecule has 2 heterocycles. The van der Waals surface area contributed by atoms with Gasteiger partial charge in [0.15, 0.2) is 0 Å². The zero-order valence-electron chi connectivity index (χ0n) is 18.3. The fourth-order valence-electron chi connectivity index (χ4n) is 4.38. The zero-order valence-corrected chi connectivity index (χ0v) is 18.3. The molecule has 162 valence electrons. The summed E-state index contributed by atoms with van der Waals surface area (Å²) in [5.74, 6) is 1.06. The number of para-hydroxylation sites is 2. The van der Waals surface area contributed by atoms with Crippen LogP contribution in [0.4, 0.5) is 5.69 Å². The van der Waals surface area contributed by atoms with Gasteiger partial charge in [0, 0.05) is 13.1 Å². The first-order valence-corrected chi connectivity index (χ1v) is 10.8. The molecule has 0 aromatic heterocycles. The fraction of sp³-hybridized carbons (Fsp3) is 0.360. The average molecular weight is 421 g/mol. The molecule has 0 saturated carbocycles. The Bertz CT molecular complexity index is 1010. The molecule has 0 bridgehead atoms. The molecule has 6 nitrogen and oxygen atoms in total. The van der Waals surface area contributed by atoms with Gasteiger partial charge in [-0.1, -0.05) is 31.2 Å². The molecule has 2 aliphatic heterocycles. The van der Waals surface area contributed by atoms with E-state index in [9.17, 15) is 9.59 Å². The molecule has 6 heteroatoms. The Balaban J connectivity index is 1.81. The van der Waals surface area contributed by atoms with Crippen LogP contribution in [0.25, 0.3) is 5.57 Å². The second kappa shape index (κ2) is 8.84. The lowest BCUT2D eigenvalue weighted by Gasteiger charge is -2.33. The Morgan fingerprint density at radius 3 is 2.45 bits per heavy atom. The fourth-order valence-corrected chi connectivity index (χ4v) is 4.38. The molecular weight excluding hydrogens is 392 g/mol. The van der Waals surface area contributed by atoms with Crippen LogP contribution >= 0.6 is 0 Å². The normalized spacial score (nSPS) is 19.3. The minimum absolute atomic E-state index is 0.299. The van der Waals surface area contributed by atoms with Crippen LogP contribution in [-0.2, 0) is 9.59 Å². The number of carbonyl (C=O) groups excluding carboxylic acids is 2. The lowest BCUT2D eigenvalue weighted by atomic mass is 9.97. The van der Waals surface area contributed by atoms with E-state index < -0.39 is 0 Å². The highest BCUT2D eigenvalue weighted by Crippen LogP contribution is 2.39. The van der Waals surface area contributed by atoms with E-state index in [1.165, 1.54) is 12.0 Å². The van der Waals surface area contributed by atoms with E-state index in [1.54, 1.807) is 18.2 Å². The van der Waals surface area contributed by atoms with Crippen molar-refractivity contribution < 1.29 is 19.1 Å². The lowest BCUT2D eigenvalue weighted by molar-refractivity contribution is -0.120. The number of hydrogen-bond acceptors (Lipinski definition) is 5. The largest absolute Gasteiger partial charge is 0.495 e. The van der Waals surface area contributed by atoms with Crippen molar-refractivity contribution in [2.45, 2.75) is 26.7 Å². The maximum Gasteiger partial charge on any atom is 0.282 e. The average Bonchev–Trinajstić information content (AvgIpc) is 3.04. The summed E-state index contributed by atoms with van der Waals surface area (Å²) < 4.78 is 11.0. The van der Waals surface area contributed by atoms with Gasteiger partial charge in [0.1, 0.15) is 17.2 Å². The van der Waals surface area contributed by atoms with Gasteiger partial charge in [-0.05, 0) is 55.5 Å². The van der Waals surface area contributed by atoms with Crippen LogP contribution in [0.1, 0.15) is 32.3 Å². The predicted octanol–water partition coefficient (Wildman–Crippen LogP) is 4.11. The summed E-state index contributed by atoms with van der Waals surface area (Å²) >= 11 is 0. The Labute approximate surface area is 183 Å². The monoisotopic (exact) mass is 420 g/mol. The Morgan fingerprint density at radius 2 is 1.77 bits per heavy atom. The molecule has 0 aliphatic carbocycles. The van der Waals surface area contributed by atoms with Crippen molar-refractivity contribution in [3.05, 3.63) is 59.8 Å². The maximum atomic E-state index is 13.7. The third-order valence-corrected chi connectivity index (χ3v) is 5.81. The van der Waals surface area contributed by atoms with Gasteiger partial charge in [-0.15, -0.1) is 0 Å². The van der Waals surface area contributed by atoms with Gasteiger partial charge in [0.2, 0.25) is 0 Å². The van der Waals surface area contributed by atoms with Gasteiger partial charge in [-0.3, -0.25) is 9.59 Å². The second-order valence-corrected chi connectivity index (χ2v) is 7.99. The minimum Gasteiger partial charge on any atom is -0.495 e. The predicted molar refractivity (Wildman–Crippen MR) is 120 cm³/mol. The van der Waals surface area contributed by atoms with Crippen LogP contribution in [-0.4, -0.2) is 43.5 Å². The molecule has 4 rings (SSSR count). The number of imide groups is 1. The first-order chi connectivity index (χ1) is 15.0. The molecular formula is C25H28N2O4. The van der Waals surface area contributed by atoms with Crippen molar-refractivity contribution >= 4 is 23.1 Å². The molecule has 0 radical (unpaired) electrons. The number of hydrogen-bond donors (Lipinski definition) is 0. The molecule has 2 aromatic rings. The van der Waals surface area contributed by atoms with Crippen LogP contribution in [0.5, 0.6) is 11.5 Å². The zero-order chi connectivity index (χ0) is 22.0. The summed E-state index contributed by atoms with van der Waals surface area (Å²) in [6.45, 7) is 6.20. The first-order valence-electron chi connectivity index (χ1n) is 10.8. The summed E-state index contributed by atoms with van der Waals surface area (Å²) in [5, 5.41) is 0. The van der Waals surface area contributed by atoms with Gasteiger partial charge in [-0.2, -0.15) is 0 Å². The number of methoxy groups -OCH3 is 1. The van der Waals surface area contributed by atoms with Crippen LogP contribution in [0.15, 0.2) is 54.2 Å². The van der Waals surface area contributed by atoms with E-state index in [1.807, 2.05) is 37.3 Å². The maximum absolute atomic E-state index is 13.7. The molecule has 0 N–H and O–H groups in total. The second-order valence-electron chi connectivity index (χ2n) is 7.99. The molecule has 2 aromatic carbocycles. The van der Waals surface area contributed by atoms with Crippen molar-refractivity contribution in [1.29, 1.82) is 0 Å². The van der Waals surface area contributed by atoms with Crippen LogP contribution < -0.4 is 14.4 Å². The number of anilines is 1. The van der Waals surface area contributed by atoms with Crippen LogP contribution in [0.2, 0.25) is 0 Å². The summed E-state index contributed by atoms with van der Waals surface area (Å²) in [7, 11) is 1.54. The van der Waals surface area contributed by atoms with Gasteiger partial charge >= 0.3 is 0 Å². The molecule has 1 atom stereocenters. The Morgan fingerprint density at radius 1 is 1.03 bits per heavy atom. The van der Waals surface area contributed by atoms with Gasteiger partial charge in [0.05, 0.1) is 25.0 Å². The Hall–Kier alpha value is -3.28. The van der Waals surface area contributed by atoms with E-state index in [2.05, 4.69) is 11.8 Å². The third kappa shape index (κ3) is 3.90. The SMILES string of the molecule is CCOc1ccc(C2=C(N3CCCC(C)C3)C(=O)N(c3ccccc3OC)C2=O)cc1. The standard InChI is InChI=1S/C25H28N2O4/c1-4-31-19-13-11-18(12-14-19)22-23(26-15-7-8-17(2)16-26)25(29)27(24(22)28)20-9-5-6-10-21(20)30-3/h5-6,9-14,17H,4,7-8,15-16H2,1-3H3. The van der Waals surface area contributed by atoms with Gasteiger partial charge < -0.3 is 14.4 Å². The highest BCUT2D eigenvalue weighted by Gasteiger charge is 2.44. The number of carbonyl (C=O) groups is 2. The summed E-state index contributed by atoms with van der Waals surface area (Å²) in [6, 6.07) is 14.5. The molecule has 1 unspecified atom stereocenters.